The van der Waals surface area contributed by atoms with E-state index in [0.717, 1.165) is 11.1 Å². The van der Waals surface area contributed by atoms with E-state index in [1.54, 1.807) is 28.4 Å². The van der Waals surface area contributed by atoms with E-state index in [9.17, 15) is 0 Å². The maximum Gasteiger partial charge on any atom is 0.209 e. The molecule has 0 aromatic heterocycles. The topological polar surface area (TPSA) is 86.4 Å². The second-order valence-corrected chi connectivity index (χ2v) is 8.71. The fraction of sp³-hybridized carbons (Fsp3) is 0.667. The van der Waals surface area contributed by atoms with Gasteiger partial charge in [0.25, 0.3) is 0 Å². The van der Waals surface area contributed by atoms with Gasteiger partial charge in [0.05, 0.1) is 28.4 Å². The number of nitrogens with zero attached hydrogens (tertiary/aromatic N) is 4. The van der Waals surface area contributed by atoms with Gasteiger partial charge in [-0.2, -0.15) is 0 Å². The fourth-order valence-corrected chi connectivity index (χ4v) is 3.74. The number of hydrogen-bond donors (Lipinski definition) is 0. The molecule has 2 heterocycles. The van der Waals surface area contributed by atoms with Crippen LogP contribution in [0.15, 0.2) is 44.3 Å². The second-order valence-electron chi connectivity index (χ2n) is 8.71. The van der Waals surface area contributed by atoms with Crippen molar-refractivity contribution in [2.75, 3.05) is 28.4 Å². The van der Waals surface area contributed by atoms with E-state index < -0.39 is 0 Å². The smallest absolute Gasteiger partial charge is 0.209 e. The summed E-state index contributed by atoms with van der Waals surface area (Å²) in [4.78, 5) is 18.9. The first-order chi connectivity index (χ1) is 15.2. The highest BCUT2D eigenvalue weighted by atomic mass is 16.5. The van der Waals surface area contributed by atoms with Crippen LogP contribution in [0.2, 0.25) is 0 Å². The lowest BCUT2D eigenvalue weighted by molar-refractivity contribution is 0.331. The monoisotopic (exact) mass is 446 g/mol. The molecule has 8 heteroatoms. The largest absolute Gasteiger partial charge is 0.483 e. The summed E-state index contributed by atoms with van der Waals surface area (Å²) in [5.41, 5.74) is 1.69. The molecular weight excluding hydrogens is 408 g/mol. The van der Waals surface area contributed by atoms with Gasteiger partial charge in [-0.1, -0.05) is 40.9 Å². The zero-order valence-corrected chi connectivity index (χ0v) is 20.7. The highest BCUT2D eigenvalue weighted by Gasteiger charge is 2.33. The summed E-state index contributed by atoms with van der Waals surface area (Å²) in [6.07, 6.45) is 1.04. The Bertz CT molecular complexity index is 758. The van der Waals surface area contributed by atoms with Gasteiger partial charge in [-0.15, -0.1) is 0 Å². The Balaban J connectivity index is 2.15. The van der Waals surface area contributed by atoms with Crippen molar-refractivity contribution in [1.82, 2.24) is 0 Å². The van der Waals surface area contributed by atoms with Gasteiger partial charge in [-0.3, -0.25) is 0 Å². The number of aliphatic imine (C=N–C) groups is 4. The van der Waals surface area contributed by atoms with E-state index in [1.807, 2.05) is 0 Å². The third-order valence-electron chi connectivity index (χ3n) is 5.65. The molecule has 8 nitrogen and oxygen atoms in total. The maximum atomic E-state index is 5.54. The first-order valence-electron chi connectivity index (χ1n) is 11.0. The lowest BCUT2D eigenvalue weighted by atomic mass is 9.94. The van der Waals surface area contributed by atoms with Crippen LogP contribution in [-0.4, -0.2) is 76.2 Å². The molecule has 2 aliphatic heterocycles. The first kappa shape index (κ1) is 25.6. The third-order valence-corrected chi connectivity index (χ3v) is 5.65. The maximum absolute atomic E-state index is 5.54. The lowest BCUT2D eigenvalue weighted by Gasteiger charge is -2.29. The SMILES string of the molecule is C=C(C[C@H]1N=C(OC)[C@H](C(C)C)N=C1OC)C(=C)C[C@H]1N=C(OC)[C@H](C(C)C)N=C1OC. The lowest BCUT2D eigenvalue weighted by Crippen LogP contribution is -2.38. The van der Waals surface area contributed by atoms with Crippen molar-refractivity contribution in [1.29, 1.82) is 0 Å². The predicted molar refractivity (Wildman–Crippen MR) is 130 cm³/mol. The number of rotatable bonds is 7. The van der Waals surface area contributed by atoms with Crippen LogP contribution in [0, 0.1) is 11.8 Å². The van der Waals surface area contributed by atoms with Gasteiger partial charge in [-0.25, -0.2) is 20.0 Å². The summed E-state index contributed by atoms with van der Waals surface area (Å²) in [5, 5.41) is 0. The number of hydrogen-bond acceptors (Lipinski definition) is 8. The minimum absolute atomic E-state index is 0.152. The summed E-state index contributed by atoms with van der Waals surface area (Å²) in [7, 11) is 6.47. The molecule has 0 bridgehead atoms. The van der Waals surface area contributed by atoms with Gasteiger partial charge in [0.2, 0.25) is 23.6 Å². The molecule has 0 aliphatic carbocycles. The summed E-state index contributed by atoms with van der Waals surface area (Å²) < 4.78 is 22.1. The average Bonchev–Trinajstić information content (AvgIpc) is 2.77. The highest BCUT2D eigenvalue weighted by Crippen LogP contribution is 2.27. The van der Waals surface area contributed by atoms with E-state index in [4.69, 9.17) is 38.9 Å². The van der Waals surface area contributed by atoms with Crippen molar-refractivity contribution in [2.24, 2.45) is 31.8 Å². The molecule has 0 saturated heterocycles. The van der Waals surface area contributed by atoms with Gasteiger partial charge in [-0.05, 0) is 23.0 Å². The molecule has 2 rings (SSSR count). The van der Waals surface area contributed by atoms with E-state index in [1.165, 1.54) is 0 Å². The van der Waals surface area contributed by atoms with Gasteiger partial charge in [0.1, 0.15) is 24.2 Å². The van der Waals surface area contributed by atoms with Crippen molar-refractivity contribution in [3.8, 4) is 0 Å². The Labute approximate surface area is 192 Å². The van der Waals surface area contributed by atoms with Crippen LogP contribution in [0.4, 0.5) is 0 Å². The normalized spacial score (nSPS) is 25.4. The quantitative estimate of drug-likeness (QED) is 0.556. The van der Waals surface area contributed by atoms with Crippen molar-refractivity contribution in [3.05, 3.63) is 24.3 Å². The van der Waals surface area contributed by atoms with Crippen LogP contribution in [0.25, 0.3) is 0 Å². The molecule has 0 N–H and O–H groups in total. The molecule has 0 unspecified atom stereocenters. The van der Waals surface area contributed by atoms with Crippen LogP contribution in [0.3, 0.4) is 0 Å². The van der Waals surface area contributed by atoms with Crippen LogP contribution >= 0.6 is 0 Å². The van der Waals surface area contributed by atoms with Crippen molar-refractivity contribution in [3.63, 3.8) is 0 Å². The Kier molecular flexibility index (Phi) is 9.04. The minimum atomic E-state index is -0.306. The molecule has 4 atom stereocenters. The van der Waals surface area contributed by atoms with Crippen LogP contribution in [0.1, 0.15) is 40.5 Å². The summed E-state index contributed by atoms with van der Waals surface area (Å²) in [6, 6.07) is -0.916. The zero-order valence-electron chi connectivity index (χ0n) is 20.7. The van der Waals surface area contributed by atoms with E-state index >= 15 is 0 Å². The number of methoxy groups -OCH3 is 4. The molecule has 0 saturated carbocycles. The molecule has 0 aromatic carbocycles. The van der Waals surface area contributed by atoms with E-state index in [-0.39, 0.29) is 36.0 Å². The Morgan fingerprint density at radius 1 is 0.625 bits per heavy atom. The average molecular weight is 447 g/mol. The van der Waals surface area contributed by atoms with Crippen molar-refractivity contribution >= 4 is 23.6 Å². The predicted octanol–water partition coefficient (Wildman–Crippen LogP) is 3.87. The zero-order chi connectivity index (χ0) is 24.0. The molecule has 0 spiro atoms. The number of ether oxygens (including phenoxy) is 4. The highest BCUT2D eigenvalue weighted by molar-refractivity contribution is 5.95. The molecule has 0 fully saturated rings. The van der Waals surface area contributed by atoms with Crippen molar-refractivity contribution < 1.29 is 18.9 Å². The molecule has 32 heavy (non-hydrogen) atoms. The van der Waals surface area contributed by atoms with Crippen molar-refractivity contribution in [2.45, 2.75) is 64.7 Å². The standard InChI is InChI=1S/C24H38N4O4/c1-13(2)19-23(31-9)25-17(21(27-19)29-7)11-15(5)16(6)12-18-22(30-8)28-20(14(3)4)24(26-18)32-10/h13-14,17-20H,5-6,11-12H2,1-4,7-10H3/t17-,18-,19+,20+/m1/s1. The Hall–Kier alpha value is -2.64. The molecular formula is C24H38N4O4. The van der Waals surface area contributed by atoms with E-state index in [2.05, 4.69) is 40.9 Å². The summed E-state index contributed by atoms with van der Waals surface area (Å²) >= 11 is 0. The summed E-state index contributed by atoms with van der Waals surface area (Å²) in [6.45, 7) is 16.8. The second kappa shape index (κ2) is 11.3. The van der Waals surface area contributed by atoms with Crippen LogP contribution in [0.5, 0.6) is 0 Å². The van der Waals surface area contributed by atoms with Crippen LogP contribution < -0.4 is 0 Å². The molecule has 2 aliphatic rings. The van der Waals surface area contributed by atoms with Gasteiger partial charge in [0.15, 0.2) is 0 Å². The van der Waals surface area contributed by atoms with Crippen LogP contribution in [-0.2, 0) is 18.9 Å². The van der Waals surface area contributed by atoms with Gasteiger partial charge < -0.3 is 18.9 Å². The first-order valence-corrected chi connectivity index (χ1v) is 11.0. The molecule has 0 amide bonds. The minimum Gasteiger partial charge on any atom is -0.483 e. The molecule has 0 aromatic rings. The molecule has 0 radical (unpaired) electrons. The van der Waals surface area contributed by atoms with E-state index in [0.29, 0.717) is 36.4 Å². The van der Waals surface area contributed by atoms with Gasteiger partial charge in [0, 0.05) is 12.8 Å². The Morgan fingerprint density at radius 3 is 1.19 bits per heavy atom. The fourth-order valence-electron chi connectivity index (χ4n) is 3.74. The van der Waals surface area contributed by atoms with Gasteiger partial charge >= 0.3 is 0 Å². The summed E-state index contributed by atoms with van der Waals surface area (Å²) in [5.74, 6) is 2.88. The third kappa shape index (κ3) is 5.78. The Morgan fingerprint density at radius 2 is 0.938 bits per heavy atom. The molecule has 178 valence electrons.